The van der Waals surface area contributed by atoms with Gasteiger partial charge in [-0.3, -0.25) is 19.2 Å². The Labute approximate surface area is 202 Å². The molecule has 3 saturated heterocycles. The Kier molecular flexibility index (Phi) is 8.11. The Morgan fingerprint density at radius 2 is 1.66 bits per heavy atom. The van der Waals surface area contributed by atoms with E-state index in [1.54, 1.807) is 0 Å². The van der Waals surface area contributed by atoms with E-state index in [9.17, 15) is 32.7 Å². The van der Waals surface area contributed by atoms with Gasteiger partial charge in [-0.25, -0.2) is 0 Å². The Morgan fingerprint density at radius 3 is 2.20 bits per heavy atom. The van der Waals surface area contributed by atoms with E-state index in [-0.39, 0.29) is 32.3 Å². The molecular formula is C19H30BN3O11S. The van der Waals surface area contributed by atoms with E-state index >= 15 is 0 Å². The predicted octanol–water partition coefficient (Wildman–Crippen LogP) is -1.04. The summed E-state index contributed by atoms with van der Waals surface area (Å²) in [4.78, 5) is 46.5. The highest BCUT2D eigenvalue weighted by atomic mass is 32.2. The molecule has 3 aliphatic heterocycles. The largest absolute Gasteiger partial charge is 0.528 e. The summed E-state index contributed by atoms with van der Waals surface area (Å²) in [5, 5.41) is 27.9. The summed E-state index contributed by atoms with van der Waals surface area (Å²) < 4.78 is 39.0. The number of hydrogen-bond donors (Lipinski definition) is 4. The van der Waals surface area contributed by atoms with Gasteiger partial charge in [0.25, 0.3) is 10.2 Å². The average Bonchev–Trinajstić information content (AvgIpc) is 3.26. The highest BCUT2D eigenvalue weighted by Gasteiger charge is 2.56. The molecule has 196 valence electrons. The van der Waals surface area contributed by atoms with Crippen LogP contribution in [0, 0.1) is 5.92 Å². The second kappa shape index (κ2) is 10.4. The molecule has 0 saturated carbocycles. The maximum Gasteiger partial charge on any atom is 0.528 e. The minimum absolute atomic E-state index is 0.0256. The first-order valence-corrected chi connectivity index (χ1v) is 12.8. The lowest BCUT2D eigenvalue weighted by atomic mass is 9.78. The number of piperidine rings is 1. The van der Waals surface area contributed by atoms with Crippen molar-refractivity contribution in [1.82, 2.24) is 8.61 Å². The van der Waals surface area contributed by atoms with Gasteiger partial charge in [0.2, 0.25) is 0 Å². The Hall–Kier alpha value is -2.27. The summed E-state index contributed by atoms with van der Waals surface area (Å²) in [5.74, 6) is -6.02. The summed E-state index contributed by atoms with van der Waals surface area (Å²) in [6.07, 6.45) is 1.02. The lowest BCUT2D eigenvalue weighted by Gasteiger charge is -2.30. The van der Waals surface area contributed by atoms with Crippen LogP contribution < -0.4 is 5.73 Å². The van der Waals surface area contributed by atoms with Crippen molar-refractivity contribution in [3.8, 4) is 0 Å². The van der Waals surface area contributed by atoms with Crippen LogP contribution in [0.15, 0.2) is 0 Å². The minimum Gasteiger partial charge on any atom is -0.507 e. The van der Waals surface area contributed by atoms with Gasteiger partial charge in [0, 0.05) is 32.1 Å². The summed E-state index contributed by atoms with van der Waals surface area (Å²) >= 11 is 0. The molecule has 0 bridgehead atoms. The quantitative estimate of drug-likeness (QED) is 0.241. The maximum absolute atomic E-state index is 13.0. The maximum atomic E-state index is 13.0. The van der Waals surface area contributed by atoms with Crippen LogP contribution in [0.2, 0.25) is 6.32 Å². The van der Waals surface area contributed by atoms with Crippen LogP contribution in [0.3, 0.4) is 0 Å². The van der Waals surface area contributed by atoms with Gasteiger partial charge in [-0.1, -0.05) is 12.8 Å². The van der Waals surface area contributed by atoms with Crippen molar-refractivity contribution in [2.24, 2.45) is 11.7 Å². The molecule has 0 amide bonds. The van der Waals surface area contributed by atoms with Crippen molar-refractivity contribution in [3.63, 3.8) is 0 Å². The molecule has 0 radical (unpaired) electrons. The molecule has 0 aromatic heterocycles. The molecule has 14 nitrogen and oxygen atoms in total. The number of carbonyl (C=O) groups excluding carboxylic acids is 1. The van der Waals surface area contributed by atoms with E-state index < -0.39 is 71.1 Å². The molecule has 2 atom stereocenters. The van der Waals surface area contributed by atoms with E-state index in [2.05, 4.69) is 0 Å². The Balaban J connectivity index is 1.64. The normalized spacial score (nSPS) is 27.6. The van der Waals surface area contributed by atoms with Crippen LogP contribution in [-0.2, 0) is 38.7 Å². The first kappa shape index (κ1) is 27.3. The number of rotatable bonds is 11. The van der Waals surface area contributed by atoms with Gasteiger partial charge in [-0.2, -0.15) is 17.0 Å². The fourth-order valence-electron chi connectivity index (χ4n) is 4.90. The third kappa shape index (κ3) is 5.77. The summed E-state index contributed by atoms with van der Waals surface area (Å²) in [7, 11) is -5.08. The van der Waals surface area contributed by atoms with E-state index in [0.717, 1.165) is 23.6 Å². The van der Waals surface area contributed by atoms with Crippen molar-refractivity contribution >= 4 is 41.2 Å². The molecular weight excluding hydrogens is 489 g/mol. The molecule has 0 aromatic rings. The first-order valence-electron chi connectivity index (χ1n) is 11.4. The smallest absolute Gasteiger partial charge is 0.507 e. The molecule has 5 N–H and O–H groups in total. The minimum atomic E-state index is -3.87. The zero-order valence-corrected chi connectivity index (χ0v) is 19.9. The van der Waals surface area contributed by atoms with Gasteiger partial charge >= 0.3 is 31.0 Å². The van der Waals surface area contributed by atoms with Crippen molar-refractivity contribution < 1.29 is 52.2 Å². The number of carboxylic acids is 3. The average molecular weight is 519 g/mol. The first-order chi connectivity index (χ1) is 16.3. The van der Waals surface area contributed by atoms with Crippen LogP contribution in [0.25, 0.3) is 0 Å². The van der Waals surface area contributed by atoms with E-state index in [0.29, 0.717) is 13.1 Å². The second-order valence-corrected chi connectivity index (χ2v) is 11.2. The summed E-state index contributed by atoms with van der Waals surface area (Å²) in [6.45, 7) is 0.274. The zero-order chi connectivity index (χ0) is 26.0. The molecule has 35 heavy (non-hydrogen) atoms. The molecule has 0 spiro atoms. The van der Waals surface area contributed by atoms with Crippen LogP contribution in [0.1, 0.15) is 44.9 Å². The van der Waals surface area contributed by atoms with E-state index in [1.807, 2.05) is 0 Å². The molecule has 0 aliphatic carbocycles. The van der Waals surface area contributed by atoms with Crippen molar-refractivity contribution in [3.05, 3.63) is 0 Å². The van der Waals surface area contributed by atoms with Gasteiger partial charge in [0.15, 0.2) is 5.60 Å². The van der Waals surface area contributed by atoms with Crippen LogP contribution in [0.4, 0.5) is 0 Å². The van der Waals surface area contributed by atoms with E-state index in [4.69, 9.17) is 25.3 Å². The number of hydrogen-bond acceptors (Lipinski definition) is 9. The molecule has 0 aromatic carbocycles. The second-order valence-electron chi connectivity index (χ2n) is 9.32. The molecule has 3 rings (SSSR count). The number of carboxylic acid groups (broad SMARTS) is 3. The van der Waals surface area contributed by atoms with Crippen LogP contribution >= 0.6 is 0 Å². The SMILES string of the molecule is N[C@@]1(C(=O)O)CN(S(=O)(=O)N2CCCCC2)C[C@@H]1CCCB1OC(=O)C(CC(=O)O)(CC(=O)O)O1. The number of nitrogens with two attached hydrogens (primary N) is 1. The Bertz CT molecular complexity index is 955. The zero-order valence-electron chi connectivity index (χ0n) is 19.1. The highest BCUT2D eigenvalue weighted by Crippen LogP contribution is 2.36. The number of aliphatic carboxylic acids is 3. The monoisotopic (exact) mass is 519 g/mol. The van der Waals surface area contributed by atoms with Gasteiger partial charge in [0.05, 0.1) is 12.8 Å². The van der Waals surface area contributed by atoms with Crippen molar-refractivity contribution in [1.29, 1.82) is 0 Å². The number of carbonyl (C=O) groups is 4. The predicted molar refractivity (Wildman–Crippen MR) is 118 cm³/mol. The topological polar surface area (TPSA) is 214 Å². The standard InChI is InChI=1S/C19H30BN3O11S/c21-19(16(28)29)12-23(35(31,32)22-7-2-1-3-8-22)11-13(19)5-4-6-20-33-17(30)18(34-20,9-14(24)25)10-15(26)27/h13H,1-12,21H2,(H,24,25)(H,26,27)(H,28,29)/t13-,19-/m0/s1. The van der Waals surface area contributed by atoms with Crippen LogP contribution in [0.5, 0.6) is 0 Å². The summed E-state index contributed by atoms with van der Waals surface area (Å²) in [6, 6.07) is 0. The Morgan fingerprint density at radius 1 is 1.06 bits per heavy atom. The number of nitrogens with zero attached hydrogens (tertiary/aromatic N) is 2. The van der Waals surface area contributed by atoms with Gasteiger partial charge in [-0.15, -0.1) is 0 Å². The molecule has 16 heteroatoms. The third-order valence-electron chi connectivity index (χ3n) is 6.79. The van der Waals surface area contributed by atoms with Gasteiger partial charge in [-0.05, 0) is 25.6 Å². The van der Waals surface area contributed by atoms with Gasteiger partial charge in [0.1, 0.15) is 5.54 Å². The molecule has 0 unspecified atom stereocenters. The lowest BCUT2D eigenvalue weighted by Crippen LogP contribution is -2.55. The fraction of sp³-hybridized carbons (Fsp3) is 0.789. The van der Waals surface area contributed by atoms with Gasteiger partial charge < -0.3 is 30.4 Å². The molecule has 3 aliphatic rings. The fourth-order valence-corrected chi connectivity index (χ4v) is 6.69. The van der Waals surface area contributed by atoms with E-state index in [1.165, 1.54) is 4.31 Å². The van der Waals surface area contributed by atoms with Crippen molar-refractivity contribution in [2.75, 3.05) is 26.2 Å². The molecule has 3 heterocycles. The van der Waals surface area contributed by atoms with Crippen molar-refractivity contribution in [2.45, 2.75) is 62.4 Å². The third-order valence-corrected chi connectivity index (χ3v) is 8.74. The lowest BCUT2D eigenvalue weighted by molar-refractivity contribution is -0.157. The summed E-state index contributed by atoms with van der Waals surface area (Å²) in [5.41, 5.74) is 2.20. The highest BCUT2D eigenvalue weighted by molar-refractivity contribution is 7.86. The molecule has 3 fully saturated rings. The van der Waals surface area contributed by atoms with Crippen LogP contribution in [-0.4, -0.2) is 101 Å².